The Balaban J connectivity index is 1.98. The second kappa shape index (κ2) is 5.98. The summed E-state index contributed by atoms with van der Waals surface area (Å²) in [6, 6.07) is 10.5. The number of nitrogens with zero attached hydrogens (tertiary/aromatic N) is 2. The summed E-state index contributed by atoms with van der Waals surface area (Å²) in [7, 11) is 0. The summed E-state index contributed by atoms with van der Waals surface area (Å²) in [5.41, 5.74) is -1.15. The number of halogens is 2. The maximum absolute atomic E-state index is 14.1. The Kier molecular flexibility index (Phi) is 3.97. The summed E-state index contributed by atoms with van der Waals surface area (Å²) >= 11 is 0. The molecule has 5 nitrogen and oxygen atoms in total. The smallest absolute Gasteiger partial charge is 0.319 e. The highest BCUT2D eigenvalue weighted by Gasteiger charge is 2.50. The van der Waals surface area contributed by atoms with E-state index in [9.17, 15) is 18.4 Å². The number of carbonyl (C=O) groups excluding carboxylic acids is 2. The SMILES string of the molecule is C[C@@]1(c2cc(F)ccc2F)NC(=O)N(Cc2ccccc2C#N)C1=O. The van der Waals surface area contributed by atoms with Gasteiger partial charge in [0.1, 0.15) is 17.2 Å². The first-order valence-corrected chi connectivity index (χ1v) is 7.44. The number of nitrogens with one attached hydrogen (secondary N) is 1. The molecule has 1 aliphatic heterocycles. The van der Waals surface area contributed by atoms with Crippen molar-refractivity contribution in [3.05, 3.63) is 70.8 Å². The Labute approximate surface area is 142 Å². The van der Waals surface area contributed by atoms with Crippen LogP contribution in [-0.4, -0.2) is 16.8 Å². The van der Waals surface area contributed by atoms with Crippen molar-refractivity contribution in [2.45, 2.75) is 19.0 Å². The number of nitriles is 1. The molecule has 0 aromatic heterocycles. The summed E-state index contributed by atoms with van der Waals surface area (Å²) < 4.78 is 27.6. The molecule has 0 aliphatic carbocycles. The van der Waals surface area contributed by atoms with Crippen LogP contribution < -0.4 is 5.32 Å². The van der Waals surface area contributed by atoms with E-state index in [0.717, 1.165) is 23.1 Å². The third kappa shape index (κ3) is 2.72. The first-order chi connectivity index (χ1) is 11.9. The van der Waals surface area contributed by atoms with Gasteiger partial charge in [-0.3, -0.25) is 9.69 Å². The van der Waals surface area contributed by atoms with Crippen molar-refractivity contribution in [2.24, 2.45) is 0 Å². The van der Waals surface area contributed by atoms with E-state index in [4.69, 9.17) is 5.26 Å². The Morgan fingerprint density at radius 3 is 2.64 bits per heavy atom. The Hall–Kier alpha value is -3.27. The second-order valence-electron chi connectivity index (χ2n) is 5.84. The largest absolute Gasteiger partial charge is 0.325 e. The van der Waals surface area contributed by atoms with E-state index in [-0.39, 0.29) is 12.1 Å². The molecule has 0 radical (unpaired) electrons. The fourth-order valence-corrected chi connectivity index (χ4v) is 2.84. The highest BCUT2D eigenvalue weighted by molar-refractivity contribution is 6.07. The van der Waals surface area contributed by atoms with Crippen LogP contribution in [0, 0.1) is 23.0 Å². The molecule has 126 valence electrons. The molecule has 2 aromatic rings. The van der Waals surface area contributed by atoms with Crippen molar-refractivity contribution in [1.82, 2.24) is 10.2 Å². The number of rotatable bonds is 3. The van der Waals surface area contributed by atoms with Gasteiger partial charge in [-0.15, -0.1) is 0 Å². The Morgan fingerprint density at radius 1 is 1.20 bits per heavy atom. The van der Waals surface area contributed by atoms with E-state index < -0.39 is 29.1 Å². The summed E-state index contributed by atoms with van der Waals surface area (Å²) in [5.74, 6) is -2.22. The molecule has 25 heavy (non-hydrogen) atoms. The molecule has 0 spiro atoms. The predicted molar refractivity (Wildman–Crippen MR) is 83.9 cm³/mol. The summed E-state index contributed by atoms with van der Waals surface area (Å²) in [6.45, 7) is 1.18. The molecule has 0 saturated carbocycles. The Morgan fingerprint density at radius 2 is 1.92 bits per heavy atom. The van der Waals surface area contributed by atoms with Gasteiger partial charge in [0.25, 0.3) is 5.91 Å². The minimum absolute atomic E-state index is 0.138. The van der Waals surface area contributed by atoms with Crippen molar-refractivity contribution in [1.29, 1.82) is 5.26 Å². The molecular formula is C18H13F2N3O2. The number of amides is 3. The second-order valence-corrected chi connectivity index (χ2v) is 5.84. The van der Waals surface area contributed by atoms with Crippen molar-refractivity contribution < 1.29 is 18.4 Å². The molecule has 1 heterocycles. The molecule has 1 atom stereocenters. The number of imide groups is 1. The van der Waals surface area contributed by atoms with Gasteiger partial charge in [-0.25, -0.2) is 13.6 Å². The van der Waals surface area contributed by atoms with Crippen molar-refractivity contribution in [3.8, 4) is 6.07 Å². The fourth-order valence-electron chi connectivity index (χ4n) is 2.84. The maximum atomic E-state index is 14.1. The van der Waals surface area contributed by atoms with Gasteiger partial charge >= 0.3 is 6.03 Å². The average molecular weight is 341 g/mol. The van der Waals surface area contributed by atoms with Crippen molar-refractivity contribution >= 4 is 11.9 Å². The third-order valence-corrected chi connectivity index (χ3v) is 4.21. The van der Waals surface area contributed by atoms with Crippen LogP contribution in [0.15, 0.2) is 42.5 Å². The lowest BCUT2D eigenvalue weighted by Gasteiger charge is -2.23. The van der Waals surface area contributed by atoms with Crippen LogP contribution in [0.25, 0.3) is 0 Å². The lowest BCUT2D eigenvalue weighted by molar-refractivity contribution is -0.131. The van der Waals surface area contributed by atoms with Gasteiger partial charge in [0.15, 0.2) is 0 Å². The summed E-state index contributed by atoms with van der Waals surface area (Å²) in [5, 5.41) is 11.5. The highest BCUT2D eigenvalue weighted by atomic mass is 19.1. The minimum atomic E-state index is -1.72. The van der Waals surface area contributed by atoms with Gasteiger partial charge in [-0.05, 0) is 36.8 Å². The molecule has 0 bridgehead atoms. The van der Waals surface area contributed by atoms with Gasteiger partial charge < -0.3 is 5.32 Å². The van der Waals surface area contributed by atoms with Gasteiger partial charge in [0, 0.05) is 5.56 Å². The standard InChI is InChI=1S/C18H13F2N3O2/c1-18(14-8-13(19)6-7-15(14)20)16(24)23(17(25)22-18)10-12-5-3-2-4-11(12)9-21/h2-8H,10H2,1H3,(H,22,25)/t18-/m0/s1. The van der Waals surface area contributed by atoms with Gasteiger partial charge in [0.2, 0.25) is 0 Å². The lowest BCUT2D eigenvalue weighted by Crippen LogP contribution is -2.41. The molecule has 1 aliphatic rings. The Bertz CT molecular complexity index is 923. The fraction of sp³-hybridized carbons (Fsp3) is 0.167. The molecule has 1 saturated heterocycles. The van der Waals surface area contributed by atoms with Crippen LogP contribution in [0.4, 0.5) is 13.6 Å². The minimum Gasteiger partial charge on any atom is -0.319 e. The highest BCUT2D eigenvalue weighted by Crippen LogP contribution is 2.32. The number of benzene rings is 2. The maximum Gasteiger partial charge on any atom is 0.325 e. The molecule has 1 N–H and O–H groups in total. The van der Waals surface area contributed by atoms with Crippen molar-refractivity contribution in [3.63, 3.8) is 0 Å². The topological polar surface area (TPSA) is 73.2 Å². The zero-order chi connectivity index (χ0) is 18.2. The number of carbonyl (C=O) groups is 2. The van der Waals surface area contributed by atoms with Gasteiger partial charge in [-0.1, -0.05) is 18.2 Å². The molecule has 2 aromatic carbocycles. The lowest BCUT2D eigenvalue weighted by atomic mass is 9.91. The quantitative estimate of drug-likeness (QED) is 0.873. The first-order valence-electron chi connectivity index (χ1n) is 7.44. The number of urea groups is 1. The zero-order valence-corrected chi connectivity index (χ0v) is 13.2. The van der Waals surface area contributed by atoms with Gasteiger partial charge in [0.05, 0.1) is 18.2 Å². The van der Waals surface area contributed by atoms with E-state index in [1.165, 1.54) is 6.92 Å². The van der Waals surface area contributed by atoms with Crippen LogP contribution in [0.3, 0.4) is 0 Å². The predicted octanol–water partition coefficient (Wildman–Crippen LogP) is 2.80. The van der Waals surface area contributed by atoms with Crippen LogP contribution in [-0.2, 0) is 16.9 Å². The molecule has 3 rings (SSSR count). The monoisotopic (exact) mass is 341 g/mol. The van der Waals surface area contributed by atoms with Crippen LogP contribution >= 0.6 is 0 Å². The molecular weight excluding hydrogens is 328 g/mol. The number of hydrogen-bond acceptors (Lipinski definition) is 3. The molecule has 0 unspecified atom stereocenters. The molecule has 1 fully saturated rings. The van der Waals surface area contributed by atoms with E-state index in [2.05, 4.69) is 5.32 Å². The van der Waals surface area contributed by atoms with Crippen LogP contribution in [0.2, 0.25) is 0 Å². The van der Waals surface area contributed by atoms with E-state index >= 15 is 0 Å². The normalized spacial score (nSPS) is 19.7. The number of hydrogen-bond donors (Lipinski definition) is 1. The van der Waals surface area contributed by atoms with Crippen molar-refractivity contribution in [2.75, 3.05) is 0 Å². The summed E-state index contributed by atoms with van der Waals surface area (Å²) in [6.07, 6.45) is 0. The van der Waals surface area contributed by atoms with Crippen LogP contribution in [0.5, 0.6) is 0 Å². The summed E-state index contributed by atoms with van der Waals surface area (Å²) in [4.78, 5) is 25.9. The molecule has 7 heteroatoms. The first kappa shape index (κ1) is 16.6. The average Bonchev–Trinajstić information content (AvgIpc) is 2.81. The molecule has 3 amide bonds. The van der Waals surface area contributed by atoms with Crippen LogP contribution in [0.1, 0.15) is 23.6 Å². The van der Waals surface area contributed by atoms with E-state index in [1.807, 2.05) is 6.07 Å². The van der Waals surface area contributed by atoms with E-state index in [1.54, 1.807) is 24.3 Å². The zero-order valence-electron chi connectivity index (χ0n) is 13.2. The third-order valence-electron chi connectivity index (χ3n) is 4.21. The van der Waals surface area contributed by atoms with Gasteiger partial charge in [-0.2, -0.15) is 5.26 Å². The van der Waals surface area contributed by atoms with E-state index in [0.29, 0.717) is 11.1 Å².